The molecule has 1 aliphatic carbocycles. The zero-order chi connectivity index (χ0) is 15.6. The van der Waals surface area contributed by atoms with Crippen LogP contribution in [0.5, 0.6) is 0 Å². The van der Waals surface area contributed by atoms with Crippen molar-refractivity contribution in [2.75, 3.05) is 0 Å². The van der Waals surface area contributed by atoms with Gasteiger partial charge in [0.2, 0.25) is 0 Å². The molecule has 8 heteroatoms. The normalized spacial score (nSPS) is 17.6. The Morgan fingerprint density at radius 1 is 1.36 bits per heavy atom. The third kappa shape index (κ3) is 2.87. The third-order valence-corrected chi connectivity index (χ3v) is 4.87. The molecule has 0 unspecified atom stereocenters. The molecule has 1 fully saturated rings. The Bertz CT molecular complexity index is 635. The third-order valence-electron chi connectivity index (χ3n) is 3.99. The van der Waals surface area contributed by atoms with Crippen LogP contribution in [0.1, 0.15) is 42.6 Å². The second-order valence-electron chi connectivity index (χ2n) is 5.47. The molecule has 2 aromatic heterocycles. The highest BCUT2D eigenvalue weighted by Crippen LogP contribution is 2.34. The summed E-state index contributed by atoms with van der Waals surface area (Å²) in [6.45, 7) is 0. The smallest absolute Gasteiger partial charge is 0.271 e. The first-order valence-corrected chi connectivity index (χ1v) is 8.04. The lowest BCUT2D eigenvalue weighted by Crippen LogP contribution is -2.55. The predicted molar refractivity (Wildman–Crippen MR) is 79.0 cm³/mol. The monoisotopic (exact) mass is 326 g/mol. The number of carbonyl (C=O) groups is 1. The lowest BCUT2D eigenvalue weighted by Gasteiger charge is -2.37. The lowest BCUT2D eigenvalue weighted by atomic mass is 9.82. The Balaban J connectivity index is 1.76. The first-order valence-electron chi connectivity index (χ1n) is 7.16. The Morgan fingerprint density at radius 3 is 2.77 bits per heavy atom. The molecule has 22 heavy (non-hydrogen) atoms. The van der Waals surface area contributed by atoms with Gasteiger partial charge in [0.15, 0.2) is 0 Å². The number of alkyl halides is 2. The van der Waals surface area contributed by atoms with Crippen molar-refractivity contribution in [3.63, 3.8) is 0 Å². The predicted octanol–water partition coefficient (Wildman–Crippen LogP) is 3.23. The average molecular weight is 326 g/mol. The topological polar surface area (TPSA) is 70.7 Å². The molecule has 1 saturated carbocycles. The van der Waals surface area contributed by atoms with Gasteiger partial charge in [-0.15, -0.1) is 11.3 Å². The van der Waals surface area contributed by atoms with Crippen LogP contribution in [0.25, 0.3) is 10.7 Å². The highest BCUT2D eigenvalue weighted by atomic mass is 32.1. The van der Waals surface area contributed by atoms with Gasteiger partial charge in [-0.2, -0.15) is 0 Å². The van der Waals surface area contributed by atoms with Crippen molar-refractivity contribution in [3.05, 3.63) is 23.6 Å². The van der Waals surface area contributed by atoms with Crippen molar-refractivity contribution in [1.82, 2.24) is 20.3 Å². The van der Waals surface area contributed by atoms with E-state index in [9.17, 15) is 13.6 Å². The van der Waals surface area contributed by atoms with E-state index in [4.69, 9.17) is 0 Å². The number of aromatic nitrogens is 3. The van der Waals surface area contributed by atoms with Crippen LogP contribution in [0.2, 0.25) is 0 Å². The second kappa shape index (κ2) is 6.12. The summed E-state index contributed by atoms with van der Waals surface area (Å²) in [5.74, 6) is -0.538. The van der Waals surface area contributed by atoms with E-state index in [2.05, 4.69) is 20.3 Å². The van der Waals surface area contributed by atoms with Gasteiger partial charge in [0.1, 0.15) is 16.2 Å². The molecule has 1 aliphatic rings. The summed E-state index contributed by atoms with van der Waals surface area (Å²) >= 11 is 1.27. The minimum atomic E-state index is -2.57. The number of rotatable bonds is 4. The van der Waals surface area contributed by atoms with Gasteiger partial charge in [0, 0.05) is 5.38 Å². The van der Waals surface area contributed by atoms with Crippen LogP contribution in [-0.4, -0.2) is 32.8 Å². The van der Waals surface area contributed by atoms with E-state index < -0.39 is 17.9 Å². The van der Waals surface area contributed by atoms with Crippen molar-refractivity contribution in [1.29, 1.82) is 0 Å². The number of hydrogen-bond acceptors (Lipinski definition) is 4. The maximum Gasteiger partial charge on any atom is 0.271 e. The maximum absolute atomic E-state index is 13.4. The number of nitrogens with one attached hydrogen (secondary N) is 2. The largest absolute Gasteiger partial charge is 0.343 e. The van der Waals surface area contributed by atoms with Gasteiger partial charge in [-0.1, -0.05) is 19.3 Å². The van der Waals surface area contributed by atoms with Gasteiger partial charge in [-0.3, -0.25) is 4.79 Å². The molecule has 0 atom stereocenters. The Hall–Kier alpha value is -1.83. The first-order chi connectivity index (χ1) is 10.6. The van der Waals surface area contributed by atoms with E-state index in [-0.39, 0.29) is 5.69 Å². The van der Waals surface area contributed by atoms with Gasteiger partial charge >= 0.3 is 0 Å². The second-order valence-corrected chi connectivity index (χ2v) is 6.33. The van der Waals surface area contributed by atoms with Gasteiger partial charge in [0.25, 0.3) is 12.3 Å². The fourth-order valence-corrected chi connectivity index (χ4v) is 3.52. The molecule has 0 spiro atoms. The number of thiazole rings is 1. The van der Waals surface area contributed by atoms with Crippen LogP contribution in [0, 0.1) is 0 Å². The van der Waals surface area contributed by atoms with Gasteiger partial charge < -0.3 is 10.3 Å². The molecule has 0 saturated heterocycles. The molecule has 0 aromatic carbocycles. The number of aromatic amines is 1. The SMILES string of the molecule is O=C(NC1(C(F)F)CCCCC1)c1csc(-c2cnc[nH]2)n1. The fourth-order valence-electron chi connectivity index (χ4n) is 2.75. The summed E-state index contributed by atoms with van der Waals surface area (Å²) in [7, 11) is 0. The number of halogens is 2. The standard InChI is InChI=1S/C14H16F2N4OS/c15-13(16)14(4-2-1-3-5-14)20-11(21)10-7-22-12(19-10)9-6-17-8-18-9/h6-8,13H,1-5H2,(H,17,18)(H,20,21). The van der Waals surface area contributed by atoms with E-state index in [0.29, 0.717) is 36.4 Å². The number of amides is 1. The van der Waals surface area contributed by atoms with Crippen molar-refractivity contribution >= 4 is 17.2 Å². The van der Waals surface area contributed by atoms with Crippen LogP contribution in [0.3, 0.4) is 0 Å². The molecule has 1 amide bonds. The highest BCUT2D eigenvalue weighted by molar-refractivity contribution is 7.13. The Labute approximate surface area is 130 Å². The Kier molecular flexibility index (Phi) is 4.19. The zero-order valence-corrected chi connectivity index (χ0v) is 12.6. The van der Waals surface area contributed by atoms with E-state index in [1.165, 1.54) is 17.7 Å². The number of imidazole rings is 1. The summed E-state index contributed by atoms with van der Waals surface area (Å²) in [5.41, 5.74) is -0.543. The Morgan fingerprint density at radius 2 is 2.14 bits per heavy atom. The van der Waals surface area contributed by atoms with Gasteiger partial charge in [0.05, 0.1) is 18.2 Å². The number of hydrogen-bond donors (Lipinski definition) is 2. The molecule has 118 valence electrons. The average Bonchev–Trinajstić information content (AvgIpc) is 3.19. The number of H-pyrrole nitrogens is 1. The molecule has 0 radical (unpaired) electrons. The summed E-state index contributed by atoms with van der Waals surface area (Å²) < 4.78 is 26.9. The van der Waals surface area contributed by atoms with Gasteiger partial charge in [-0.25, -0.2) is 18.7 Å². The summed E-state index contributed by atoms with van der Waals surface area (Å²) in [5, 5.41) is 4.72. The maximum atomic E-state index is 13.4. The van der Waals surface area contributed by atoms with Crippen LogP contribution in [0.15, 0.2) is 17.9 Å². The summed E-state index contributed by atoms with van der Waals surface area (Å²) in [6, 6.07) is 0. The van der Waals surface area contributed by atoms with Crippen LogP contribution in [-0.2, 0) is 0 Å². The van der Waals surface area contributed by atoms with E-state index in [1.807, 2.05) is 0 Å². The molecule has 2 aromatic rings. The van der Waals surface area contributed by atoms with E-state index in [0.717, 1.165) is 6.42 Å². The summed E-state index contributed by atoms with van der Waals surface area (Å²) in [4.78, 5) is 23.3. The molecule has 3 rings (SSSR count). The molecule has 0 aliphatic heterocycles. The van der Waals surface area contributed by atoms with Crippen LogP contribution < -0.4 is 5.32 Å². The molecule has 2 heterocycles. The van der Waals surface area contributed by atoms with Crippen molar-refractivity contribution in [3.8, 4) is 10.7 Å². The summed E-state index contributed by atoms with van der Waals surface area (Å²) in [6.07, 6.45) is 3.53. The number of carbonyl (C=O) groups excluding carboxylic acids is 1. The fraction of sp³-hybridized carbons (Fsp3) is 0.500. The molecular weight excluding hydrogens is 310 g/mol. The number of nitrogens with zero attached hydrogens (tertiary/aromatic N) is 2. The van der Waals surface area contributed by atoms with Crippen molar-refractivity contribution in [2.24, 2.45) is 0 Å². The minimum absolute atomic E-state index is 0.167. The van der Waals surface area contributed by atoms with Crippen molar-refractivity contribution in [2.45, 2.75) is 44.1 Å². The molecule has 0 bridgehead atoms. The van der Waals surface area contributed by atoms with Crippen LogP contribution in [0.4, 0.5) is 8.78 Å². The molecule has 2 N–H and O–H groups in total. The molecule has 5 nitrogen and oxygen atoms in total. The van der Waals surface area contributed by atoms with Gasteiger partial charge in [-0.05, 0) is 12.8 Å². The zero-order valence-electron chi connectivity index (χ0n) is 11.8. The van der Waals surface area contributed by atoms with E-state index >= 15 is 0 Å². The minimum Gasteiger partial charge on any atom is -0.343 e. The first kappa shape index (κ1) is 15.1. The lowest BCUT2D eigenvalue weighted by molar-refractivity contribution is 0.00741. The quantitative estimate of drug-likeness (QED) is 0.906. The highest BCUT2D eigenvalue weighted by Gasteiger charge is 2.42. The van der Waals surface area contributed by atoms with Crippen molar-refractivity contribution < 1.29 is 13.6 Å². The van der Waals surface area contributed by atoms with Crippen LogP contribution >= 0.6 is 11.3 Å². The molecular formula is C14H16F2N4OS. The van der Waals surface area contributed by atoms with E-state index in [1.54, 1.807) is 11.6 Å².